The van der Waals surface area contributed by atoms with Crippen molar-refractivity contribution in [2.75, 3.05) is 0 Å². The van der Waals surface area contributed by atoms with E-state index in [0.717, 1.165) is 24.8 Å². The number of aromatic nitrogens is 2. The van der Waals surface area contributed by atoms with Crippen molar-refractivity contribution >= 4 is 23.2 Å². The Balaban J connectivity index is 2.36. The molecule has 1 aromatic heterocycles. The normalized spacial score (nSPS) is 14.2. The van der Waals surface area contributed by atoms with Crippen molar-refractivity contribution in [2.24, 2.45) is 0 Å². The molecule has 1 heterocycles. The quantitative estimate of drug-likeness (QED) is 0.862. The third-order valence-corrected chi connectivity index (χ3v) is 3.91. The molecule has 1 aromatic carbocycles. The first-order chi connectivity index (χ1) is 9.63. The number of benzene rings is 1. The first-order valence-corrected chi connectivity index (χ1v) is 7.49. The zero-order valence-corrected chi connectivity index (χ0v) is 12.8. The molecule has 1 N–H and O–H groups in total. The van der Waals surface area contributed by atoms with Crippen LogP contribution in [-0.4, -0.2) is 20.8 Å². The minimum atomic E-state index is -0.511. The Morgan fingerprint density at radius 1 is 1.35 bits per heavy atom. The first-order valence-electron chi connectivity index (χ1n) is 6.74. The second-order valence-corrected chi connectivity index (χ2v) is 5.67. The number of unbranched alkanes of at least 4 members (excludes halogenated alkanes) is 1. The lowest BCUT2D eigenvalue weighted by Crippen LogP contribution is -2.25. The van der Waals surface area contributed by atoms with Crippen molar-refractivity contribution in [3.8, 4) is 0 Å². The molecule has 0 spiro atoms. The van der Waals surface area contributed by atoms with Crippen LogP contribution in [0.5, 0.6) is 0 Å². The fourth-order valence-electron chi connectivity index (χ4n) is 2.31. The van der Waals surface area contributed by atoms with Gasteiger partial charge in [-0.2, -0.15) is 0 Å². The van der Waals surface area contributed by atoms with Gasteiger partial charge in [-0.05, 0) is 24.1 Å². The maximum Gasteiger partial charge on any atom is 0.0952 e. The van der Waals surface area contributed by atoms with E-state index >= 15 is 0 Å². The van der Waals surface area contributed by atoms with Crippen LogP contribution in [0.25, 0.3) is 0 Å². The van der Waals surface area contributed by atoms with Crippen LogP contribution >= 0.6 is 23.2 Å². The van der Waals surface area contributed by atoms with Crippen molar-refractivity contribution in [3.63, 3.8) is 0 Å². The Morgan fingerprint density at radius 2 is 2.15 bits per heavy atom. The van der Waals surface area contributed by atoms with Gasteiger partial charge < -0.3 is 9.67 Å². The van der Waals surface area contributed by atoms with Crippen LogP contribution in [0.15, 0.2) is 36.9 Å². The Labute approximate surface area is 129 Å². The molecule has 108 valence electrons. The summed E-state index contributed by atoms with van der Waals surface area (Å²) in [6.45, 7) is 2.11. The maximum atomic E-state index is 10.5. The fourth-order valence-corrected chi connectivity index (χ4v) is 2.83. The lowest BCUT2D eigenvalue weighted by molar-refractivity contribution is 0.118. The van der Waals surface area contributed by atoms with Gasteiger partial charge >= 0.3 is 0 Å². The third-order valence-electron chi connectivity index (χ3n) is 3.35. The molecular weight excluding hydrogens is 295 g/mol. The number of nitrogens with zero attached hydrogens (tertiary/aromatic N) is 2. The molecule has 3 nitrogen and oxygen atoms in total. The van der Waals surface area contributed by atoms with Gasteiger partial charge in [0.15, 0.2) is 0 Å². The van der Waals surface area contributed by atoms with Gasteiger partial charge in [0, 0.05) is 22.4 Å². The van der Waals surface area contributed by atoms with Gasteiger partial charge in [-0.1, -0.05) is 49.0 Å². The number of aliphatic hydroxyl groups excluding tert-OH is 1. The number of rotatable bonds is 6. The van der Waals surface area contributed by atoms with Gasteiger partial charge in [0.25, 0.3) is 0 Å². The van der Waals surface area contributed by atoms with Crippen molar-refractivity contribution in [2.45, 2.75) is 38.3 Å². The van der Waals surface area contributed by atoms with Crippen molar-refractivity contribution in [3.05, 3.63) is 52.5 Å². The largest absolute Gasteiger partial charge is 0.391 e. The molecule has 0 radical (unpaired) electrons. The molecule has 5 heteroatoms. The topological polar surface area (TPSA) is 38.0 Å². The predicted molar refractivity (Wildman–Crippen MR) is 82.4 cm³/mol. The SMILES string of the molecule is CCCCC(O)C(c1ccc(Cl)cc1Cl)n1ccnc1. The highest BCUT2D eigenvalue weighted by Crippen LogP contribution is 2.32. The van der Waals surface area contributed by atoms with E-state index < -0.39 is 6.10 Å². The maximum absolute atomic E-state index is 10.5. The molecule has 2 unspecified atom stereocenters. The average molecular weight is 313 g/mol. The molecular formula is C15H18Cl2N2O. The molecule has 2 rings (SSSR count). The standard InChI is InChI=1S/C15H18Cl2N2O/c1-2-3-4-14(20)15(19-8-7-18-10-19)12-6-5-11(16)9-13(12)17/h5-10,14-15,20H,2-4H2,1H3. The average Bonchev–Trinajstić information content (AvgIpc) is 2.93. The summed E-state index contributed by atoms with van der Waals surface area (Å²) in [6, 6.07) is 5.12. The number of halogens is 2. The Kier molecular flexibility index (Phi) is 5.46. The molecule has 0 aliphatic rings. The molecule has 2 atom stereocenters. The minimum absolute atomic E-state index is 0.242. The van der Waals surface area contributed by atoms with Crippen LogP contribution in [0, 0.1) is 0 Å². The smallest absolute Gasteiger partial charge is 0.0952 e. The lowest BCUT2D eigenvalue weighted by Gasteiger charge is -2.25. The lowest BCUT2D eigenvalue weighted by atomic mass is 9.97. The highest BCUT2D eigenvalue weighted by Gasteiger charge is 2.24. The summed E-state index contributed by atoms with van der Waals surface area (Å²) < 4.78 is 1.88. The minimum Gasteiger partial charge on any atom is -0.391 e. The zero-order chi connectivity index (χ0) is 14.5. The van der Waals surface area contributed by atoms with Crippen molar-refractivity contribution in [1.29, 1.82) is 0 Å². The highest BCUT2D eigenvalue weighted by molar-refractivity contribution is 6.35. The molecule has 0 aliphatic carbocycles. The van der Waals surface area contributed by atoms with Crippen LogP contribution in [0.3, 0.4) is 0 Å². The van der Waals surface area contributed by atoms with E-state index in [-0.39, 0.29) is 6.04 Å². The van der Waals surface area contributed by atoms with E-state index in [1.807, 2.05) is 16.8 Å². The predicted octanol–water partition coefficient (Wildman–Crippen LogP) is 4.33. The van der Waals surface area contributed by atoms with E-state index in [1.165, 1.54) is 0 Å². The van der Waals surface area contributed by atoms with E-state index in [2.05, 4.69) is 11.9 Å². The summed E-state index contributed by atoms with van der Waals surface area (Å²) >= 11 is 12.2. The van der Waals surface area contributed by atoms with Crippen LogP contribution in [0.4, 0.5) is 0 Å². The molecule has 0 aliphatic heterocycles. The summed E-state index contributed by atoms with van der Waals surface area (Å²) in [4.78, 5) is 4.06. The van der Waals surface area contributed by atoms with E-state index in [0.29, 0.717) is 10.0 Å². The molecule has 0 fully saturated rings. The Morgan fingerprint density at radius 3 is 2.75 bits per heavy atom. The molecule has 0 saturated carbocycles. The van der Waals surface area contributed by atoms with Crippen LogP contribution in [-0.2, 0) is 0 Å². The highest BCUT2D eigenvalue weighted by atomic mass is 35.5. The molecule has 20 heavy (non-hydrogen) atoms. The first kappa shape index (κ1) is 15.4. The van der Waals surface area contributed by atoms with E-state index in [4.69, 9.17) is 23.2 Å². The fraction of sp³-hybridized carbons (Fsp3) is 0.400. The second kappa shape index (κ2) is 7.11. The molecule has 0 bridgehead atoms. The number of imidazole rings is 1. The summed E-state index contributed by atoms with van der Waals surface area (Å²) in [5, 5.41) is 11.7. The summed E-state index contributed by atoms with van der Waals surface area (Å²) in [7, 11) is 0. The van der Waals surface area contributed by atoms with Crippen LogP contribution in [0.1, 0.15) is 37.8 Å². The van der Waals surface area contributed by atoms with Crippen molar-refractivity contribution < 1.29 is 5.11 Å². The molecule has 0 amide bonds. The third kappa shape index (κ3) is 3.54. The van der Waals surface area contributed by atoms with E-state index in [9.17, 15) is 5.11 Å². The van der Waals surface area contributed by atoms with Crippen LogP contribution in [0.2, 0.25) is 10.0 Å². The van der Waals surface area contributed by atoms with Gasteiger partial charge in [-0.15, -0.1) is 0 Å². The van der Waals surface area contributed by atoms with Crippen LogP contribution < -0.4 is 0 Å². The zero-order valence-electron chi connectivity index (χ0n) is 11.3. The summed E-state index contributed by atoms with van der Waals surface area (Å²) in [6.07, 6.45) is 7.46. The van der Waals surface area contributed by atoms with E-state index in [1.54, 1.807) is 24.7 Å². The van der Waals surface area contributed by atoms with Gasteiger partial charge in [-0.3, -0.25) is 0 Å². The van der Waals surface area contributed by atoms with Crippen molar-refractivity contribution in [1.82, 2.24) is 9.55 Å². The summed E-state index contributed by atoms with van der Waals surface area (Å²) in [5.74, 6) is 0. The number of aliphatic hydroxyl groups is 1. The van der Waals surface area contributed by atoms with Gasteiger partial charge in [0.1, 0.15) is 0 Å². The van der Waals surface area contributed by atoms with Gasteiger partial charge in [0.2, 0.25) is 0 Å². The number of hydrogen-bond acceptors (Lipinski definition) is 2. The molecule has 0 saturated heterocycles. The van der Waals surface area contributed by atoms with Gasteiger partial charge in [-0.25, -0.2) is 4.98 Å². The Bertz CT molecular complexity index is 543. The van der Waals surface area contributed by atoms with Gasteiger partial charge in [0.05, 0.1) is 18.5 Å². The Hall–Kier alpha value is -1.03. The number of hydrogen-bond donors (Lipinski definition) is 1. The second-order valence-electron chi connectivity index (χ2n) is 4.83. The summed E-state index contributed by atoms with van der Waals surface area (Å²) in [5.41, 5.74) is 0.859. The molecule has 2 aromatic rings. The monoisotopic (exact) mass is 312 g/mol.